The molecule has 1 aliphatic heterocycles. The van der Waals surface area contributed by atoms with E-state index in [0.717, 1.165) is 5.56 Å². The van der Waals surface area contributed by atoms with Gasteiger partial charge in [0.15, 0.2) is 11.5 Å². The molecule has 0 saturated heterocycles. The third-order valence-corrected chi connectivity index (χ3v) is 6.53. The van der Waals surface area contributed by atoms with Crippen LogP contribution in [0.1, 0.15) is 27.9 Å². The normalized spacial score (nSPS) is 13.9. The van der Waals surface area contributed by atoms with Crippen LogP contribution in [0.25, 0.3) is 0 Å². The van der Waals surface area contributed by atoms with Gasteiger partial charge in [-0.15, -0.1) is 0 Å². The molecule has 8 nitrogen and oxygen atoms in total. The third-order valence-electron chi connectivity index (χ3n) is 4.74. The molecule has 0 radical (unpaired) electrons. The zero-order valence-electron chi connectivity index (χ0n) is 16.4. The number of primary amides is 1. The summed E-state index contributed by atoms with van der Waals surface area (Å²) in [7, 11) is -0.714. The molecule has 0 aliphatic carbocycles. The lowest BCUT2D eigenvalue weighted by Gasteiger charge is -2.18. The van der Waals surface area contributed by atoms with Gasteiger partial charge in [0.1, 0.15) is 0 Å². The lowest BCUT2D eigenvalue weighted by molar-refractivity contribution is 0.0999. The maximum atomic E-state index is 13.2. The van der Waals surface area contributed by atoms with Crippen LogP contribution in [0, 0.1) is 0 Å². The van der Waals surface area contributed by atoms with Crippen molar-refractivity contribution in [2.45, 2.75) is 24.4 Å². The first kappa shape index (κ1) is 21.1. The molecule has 29 heavy (non-hydrogen) atoms. The number of fused-ring (bicyclic) bond motifs is 1. The van der Waals surface area contributed by atoms with Gasteiger partial charge in [0.05, 0.1) is 18.6 Å². The van der Waals surface area contributed by atoms with Crippen molar-refractivity contribution < 1.29 is 27.4 Å². The van der Waals surface area contributed by atoms with E-state index in [1.165, 1.54) is 23.5 Å². The van der Waals surface area contributed by atoms with E-state index in [4.69, 9.17) is 19.9 Å². The van der Waals surface area contributed by atoms with Gasteiger partial charge in [-0.05, 0) is 29.3 Å². The first-order valence-corrected chi connectivity index (χ1v) is 10.5. The van der Waals surface area contributed by atoms with Gasteiger partial charge in [0.25, 0.3) is 0 Å². The van der Waals surface area contributed by atoms with E-state index in [1.54, 1.807) is 31.4 Å². The fraction of sp³-hybridized carbons (Fsp3) is 0.350. The van der Waals surface area contributed by atoms with Crippen LogP contribution in [0.5, 0.6) is 11.5 Å². The Labute approximate surface area is 170 Å². The van der Waals surface area contributed by atoms with E-state index in [-0.39, 0.29) is 18.0 Å². The highest BCUT2D eigenvalue weighted by Gasteiger charge is 2.33. The predicted molar refractivity (Wildman–Crippen MR) is 106 cm³/mol. The molecule has 1 heterocycles. The van der Waals surface area contributed by atoms with Crippen LogP contribution in [0.3, 0.4) is 0 Å². The molecule has 156 valence electrons. The summed E-state index contributed by atoms with van der Waals surface area (Å²) in [4.78, 5) is 11.8. The van der Waals surface area contributed by atoms with Crippen LogP contribution in [-0.2, 0) is 27.8 Å². The van der Waals surface area contributed by atoms with Gasteiger partial charge < -0.3 is 19.9 Å². The SMILES string of the molecule is COCCCOc1cc(S(=O)(=O)N2Cc3cccc(C(N)=O)c3C2)ccc1OC. The Balaban J connectivity index is 1.86. The van der Waals surface area contributed by atoms with Crippen molar-refractivity contribution in [3.05, 3.63) is 53.1 Å². The van der Waals surface area contributed by atoms with Crippen molar-refractivity contribution in [1.82, 2.24) is 4.31 Å². The number of hydrogen-bond acceptors (Lipinski definition) is 6. The summed E-state index contributed by atoms with van der Waals surface area (Å²) in [5.74, 6) is 0.221. The number of methoxy groups -OCH3 is 2. The highest BCUT2D eigenvalue weighted by Crippen LogP contribution is 2.34. The second-order valence-corrected chi connectivity index (χ2v) is 8.53. The van der Waals surface area contributed by atoms with Crippen molar-refractivity contribution in [3.8, 4) is 11.5 Å². The summed E-state index contributed by atoms with van der Waals surface area (Å²) in [6.45, 7) is 1.17. The lowest BCUT2D eigenvalue weighted by Crippen LogP contribution is -2.26. The number of amides is 1. The van der Waals surface area contributed by atoms with Gasteiger partial charge in [-0.2, -0.15) is 4.31 Å². The average molecular weight is 420 g/mol. The molecular weight excluding hydrogens is 396 g/mol. The van der Waals surface area contributed by atoms with Crippen LogP contribution in [-0.4, -0.2) is 46.1 Å². The number of sulfonamides is 1. The number of hydrogen-bond donors (Lipinski definition) is 1. The van der Waals surface area contributed by atoms with Gasteiger partial charge in [-0.3, -0.25) is 4.79 Å². The summed E-state index contributed by atoms with van der Waals surface area (Å²) >= 11 is 0. The molecular formula is C20H24N2O6S. The predicted octanol–water partition coefficient (Wildman–Crippen LogP) is 1.91. The minimum Gasteiger partial charge on any atom is -0.493 e. The maximum absolute atomic E-state index is 13.2. The zero-order chi connectivity index (χ0) is 21.0. The van der Waals surface area contributed by atoms with E-state index in [1.807, 2.05) is 0 Å². The van der Waals surface area contributed by atoms with Gasteiger partial charge >= 0.3 is 0 Å². The van der Waals surface area contributed by atoms with Gasteiger partial charge in [0.2, 0.25) is 15.9 Å². The largest absolute Gasteiger partial charge is 0.493 e. The zero-order valence-corrected chi connectivity index (χ0v) is 17.2. The number of nitrogens with zero attached hydrogens (tertiary/aromatic N) is 1. The van der Waals surface area contributed by atoms with Crippen molar-refractivity contribution in [2.75, 3.05) is 27.4 Å². The van der Waals surface area contributed by atoms with E-state index >= 15 is 0 Å². The number of carbonyl (C=O) groups excluding carboxylic acids is 1. The molecule has 2 N–H and O–H groups in total. The summed E-state index contributed by atoms with van der Waals surface area (Å²) in [5.41, 5.74) is 7.19. The Morgan fingerprint density at radius 1 is 1.10 bits per heavy atom. The monoisotopic (exact) mass is 420 g/mol. The van der Waals surface area contributed by atoms with Crippen molar-refractivity contribution in [3.63, 3.8) is 0 Å². The van der Waals surface area contributed by atoms with Crippen LogP contribution in [0.2, 0.25) is 0 Å². The summed E-state index contributed by atoms with van der Waals surface area (Å²) < 4.78 is 43.7. The van der Waals surface area contributed by atoms with E-state index < -0.39 is 15.9 Å². The second kappa shape index (κ2) is 8.81. The topological polar surface area (TPSA) is 108 Å². The molecule has 1 aliphatic rings. The first-order chi connectivity index (χ1) is 13.9. The molecule has 2 aromatic rings. The molecule has 3 rings (SSSR count). The fourth-order valence-corrected chi connectivity index (χ4v) is 4.66. The second-order valence-electron chi connectivity index (χ2n) is 6.59. The number of benzene rings is 2. The van der Waals surface area contributed by atoms with Crippen LogP contribution < -0.4 is 15.2 Å². The fourth-order valence-electron chi connectivity index (χ4n) is 3.26. The molecule has 2 aromatic carbocycles. The molecule has 1 amide bonds. The van der Waals surface area contributed by atoms with Crippen molar-refractivity contribution >= 4 is 15.9 Å². The van der Waals surface area contributed by atoms with E-state index in [2.05, 4.69) is 0 Å². The maximum Gasteiger partial charge on any atom is 0.249 e. The summed E-state index contributed by atoms with van der Waals surface area (Å²) in [6.07, 6.45) is 0.661. The molecule has 0 aromatic heterocycles. The lowest BCUT2D eigenvalue weighted by atomic mass is 10.0. The standard InChI is InChI=1S/C20H24N2O6S/c1-26-9-4-10-28-19-11-15(7-8-18(19)27-2)29(24,25)22-12-14-5-3-6-16(20(21)23)17(14)13-22/h3,5-8,11H,4,9-10,12-13H2,1-2H3,(H2,21,23). The van der Waals surface area contributed by atoms with Gasteiger partial charge in [0, 0.05) is 44.9 Å². The molecule has 0 atom stereocenters. The summed E-state index contributed by atoms with van der Waals surface area (Å²) in [5, 5.41) is 0. The third kappa shape index (κ3) is 4.36. The minimum absolute atomic E-state index is 0.0901. The average Bonchev–Trinajstić information content (AvgIpc) is 3.16. The number of nitrogens with two attached hydrogens (primary N) is 1. The molecule has 9 heteroatoms. The number of carbonyl (C=O) groups is 1. The van der Waals surface area contributed by atoms with Gasteiger partial charge in [-0.25, -0.2) is 8.42 Å². The summed E-state index contributed by atoms with van der Waals surface area (Å²) in [6, 6.07) is 9.62. The number of ether oxygens (including phenoxy) is 3. The molecule has 0 spiro atoms. The molecule has 0 unspecified atom stereocenters. The Bertz CT molecular complexity index is 1010. The first-order valence-electron chi connectivity index (χ1n) is 9.09. The molecule has 0 bridgehead atoms. The van der Waals surface area contributed by atoms with Crippen molar-refractivity contribution in [2.24, 2.45) is 5.73 Å². The molecule has 0 saturated carbocycles. The van der Waals surface area contributed by atoms with Crippen LogP contribution >= 0.6 is 0 Å². The Kier molecular flexibility index (Phi) is 6.41. The highest BCUT2D eigenvalue weighted by atomic mass is 32.2. The van der Waals surface area contributed by atoms with E-state index in [0.29, 0.717) is 42.3 Å². The van der Waals surface area contributed by atoms with Crippen molar-refractivity contribution in [1.29, 1.82) is 0 Å². The smallest absolute Gasteiger partial charge is 0.249 e. The minimum atomic E-state index is -3.81. The number of rotatable bonds is 9. The Hall–Kier alpha value is -2.62. The highest BCUT2D eigenvalue weighted by molar-refractivity contribution is 7.89. The molecule has 0 fully saturated rings. The Morgan fingerprint density at radius 3 is 2.59 bits per heavy atom. The van der Waals surface area contributed by atoms with Gasteiger partial charge in [-0.1, -0.05) is 12.1 Å². The Morgan fingerprint density at radius 2 is 1.90 bits per heavy atom. The quantitative estimate of drug-likeness (QED) is 0.621. The van der Waals surface area contributed by atoms with Crippen LogP contribution in [0.15, 0.2) is 41.3 Å². The van der Waals surface area contributed by atoms with E-state index in [9.17, 15) is 13.2 Å². The van der Waals surface area contributed by atoms with Crippen LogP contribution in [0.4, 0.5) is 0 Å².